The molecule has 0 bridgehead atoms. The first kappa shape index (κ1) is 24.7. The number of nitrogens with one attached hydrogen (secondary N) is 1. The van der Waals surface area contributed by atoms with Crippen molar-refractivity contribution in [2.45, 2.75) is 32.6 Å². The van der Waals surface area contributed by atoms with E-state index < -0.39 is 0 Å². The number of aryl methyl sites for hydroxylation is 1. The second-order valence-electron chi connectivity index (χ2n) is 8.08. The number of morpholine rings is 1. The molecule has 9 nitrogen and oxygen atoms in total. The molecule has 4 rings (SSSR count). The maximum absolute atomic E-state index is 12.8. The third kappa shape index (κ3) is 6.09. The summed E-state index contributed by atoms with van der Waals surface area (Å²) in [6.45, 7) is 8.15. The minimum absolute atomic E-state index is 0. The number of hydrogen-bond acceptors (Lipinski definition) is 5. The van der Waals surface area contributed by atoms with Crippen LogP contribution in [0.3, 0.4) is 0 Å². The molecule has 2 saturated heterocycles. The average Bonchev–Trinajstić information content (AvgIpc) is 3.24. The van der Waals surface area contributed by atoms with Crippen LogP contribution < -0.4 is 5.32 Å². The van der Waals surface area contributed by atoms with Gasteiger partial charge in [-0.25, -0.2) is 0 Å². The van der Waals surface area contributed by atoms with Crippen LogP contribution in [0.1, 0.15) is 32.0 Å². The number of aliphatic imine (C=N–C) groups is 1. The van der Waals surface area contributed by atoms with Gasteiger partial charge in [0, 0.05) is 57.8 Å². The van der Waals surface area contributed by atoms with Crippen molar-refractivity contribution >= 4 is 41.5 Å². The van der Waals surface area contributed by atoms with E-state index in [2.05, 4.69) is 27.3 Å². The SMILES string of the molecule is CCNC(=NCCCc1nnc2ccccn12)N1CCC(C(=O)N2CCOCC2)CC1.I. The lowest BCUT2D eigenvalue weighted by Crippen LogP contribution is -2.50. The van der Waals surface area contributed by atoms with Crippen LogP contribution in [0.5, 0.6) is 0 Å². The number of piperidine rings is 1. The Bertz CT molecular complexity index is 889. The van der Waals surface area contributed by atoms with E-state index in [-0.39, 0.29) is 29.9 Å². The smallest absolute Gasteiger partial charge is 0.225 e. The molecule has 0 atom stereocenters. The topological polar surface area (TPSA) is 87.4 Å². The van der Waals surface area contributed by atoms with Crippen LogP contribution >= 0.6 is 24.0 Å². The van der Waals surface area contributed by atoms with E-state index in [1.165, 1.54) is 0 Å². The quantitative estimate of drug-likeness (QED) is 0.253. The number of pyridine rings is 1. The van der Waals surface area contributed by atoms with Crippen LogP contribution in [0.2, 0.25) is 0 Å². The molecule has 0 aliphatic carbocycles. The summed E-state index contributed by atoms with van der Waals surface area (Å²) in [5, 5.41) is 11.9. The van der Waals surface area contributed by atoms with E-state index in [1.54, 1.807) is 0 Å². The van der Waals surface area contributed by atoms with Gasteiger partial charge in [-0.05, 0) is 38.3 Å². The van der Waals surface area contributed by atoms with Crippen molar-refractivity contribution in [3.05, 3.63) is 30.2 Å². The van der Waals surface area contributed by atoms with Crippen LogP contribution in [0.25, 0.3) is 5.65 Å². The number of likely N-dealkylation sites (tertiary alicyclic amines) is 1. The van der Waals surface area contributed by atoms with Gasteiger partial charge in [0.15, 0.2) is 11.6 Å². The molecule has 2 aromatic heterocycles. The number of guanidine groups is 1. The molecule has 4 heterocycles. The van der Waals surface area contributed by atoms with Crippen molar-refractivity contribution in [2.24, 2.45) is 10.9 Å². The number of carbonyl (C=O) groups excluding carboxylic acids is 1. The standard InChI is InChI=1S/C22H33N7O2.HI/c1-2-23-22(24-10-5-7-20-26-25-19-6-3-4-11-29(19)20)28-12-8-18(9-13-28)21(30)27-14-16-31-17-15-27;/h3-4,6,11,18H,2,5,7-10,12-17H2,1H3,(H,23,24);1H. The number of carbonyl (C=O) groups is 1. The summed E-state index contributed by atoms with van der Waals surface area (Å²) in [6, 6.07) is 5.93. The van der Waals surface area contributed by atoms with Gasteiger partial charge in [0.25, 0.3) is 0 Å². The third-order valence-corrected chi connectivity index (χ3v) is 6.01. The Kier molecular flexibility index (Phi) is 9.51. The highest BCUT2D eigenvalue weighted by molar-refractivity contribution is 14.0. The Hall–Kier alpha value is -1.95. The first-order valence-electron chi connectivity index (χ1n) is 11.4. The van der Waals surface area contributed by atoms with Gasteiger partial charge in [-0.2, -0.15) is 0 Å². The third-order valence-electron chi connectivity index (χ3n) is 6.01. The van der Waals surface area contributed by atoms with Crippen LogP contribution in [0.15, 0.2) is 29.4 Å². The summed E-state index contributed by atoms with van der Waals surface area (Å²) in [4.78, 5) is 21.9. The van der Waals surface area contributed by atoms with Gasteiger partial charge >= 0.3 is 0 Å². The molecule has 176 valence electrons. The van der Waals surface area contributed by atoms with Crippen molar-refractivity contribution in [3.8, 4) is 0 Å². The zero-order valence-electron chi connectivity index (χ0n) is 18.8. The molecule has 0 saturated carbocycles. The van der Waals surface area contributed by atoms with E-state index in [9.17, 15) is 4.79 Å². The Morgan fingerprint density at radius 1 is 1.16 bits per heavy atom. The lowest BCUT2D eigenvalue weighted by atomic mass is 9.95. The number of rotatable bonds is 6. The van der Waals surface area contributed by atoms with Gasteiger partial charge < -0.3 is 19.9 Å². The Balaban J connectivity index is 0.00000289. The number of hydrogen-bond donors (Lipinski definition) is 1. The van der Waals surface area contributed by atoms with E-state index >= 15 is 0 Å². The van der Waals surface area contributed by atoms with Crippen molar-refractivity contribution in [3.63, 3.8) is 0 Å². The minimum Gasteiger partial charge on any atom is -0.378 e. The summed E-state index contributed by atoms with van der Waals surface area (Å²) in [5.74, 6) is 2.34. The Morgan fingerprint density at radius 3 is 2.69 bits per heavy atom. The molecular formula is C22H34IN7O2. The average molecular weight is 555 g/mol. The number of fused-ring (bicyclic) bond motifs is 1. The Morgan fingerprint density at radius 2 is 1.94 bits per heavy atom. The van der Waals surface area contributed by atoms with Crippen LogP contribution in [-0.4, -0.2) is 88.7 Å². The van der Waals surface area contributed by atoms with Gasteiger partial charge in [-0.1, -0.05) is 6.07 Å². The minimum atomic E-state index is 0. The molecule has 2 aliphatic heterocycles. The Labute approximate surface area is 206 Å². The highest BCUT2D eigenvalue weighted by atomic mass is 127. The van der Waals surface area contributed by atoms with Crippen molar-refractivity contribution in [2.75, 3.05) is 52.5 Å². The maximum atomic E-state index is 12.8. The molecule has 1 amide bonds. The lowest BCUT2D eigenvalue weighted by Gasteiger charge is -2.36. The molecule has 10 heteroatoms. The highest BCUT2D eigenvalue weighted by Gasteiger charge is 2.30. The van der Waals surface area contributed by atoms with Crippen LogP contribution in [-0.2, 0) is 16.0 Å². The molecule has 2 fully saturated rings. The second kappa shape index (κ2) is 12.3. The first-order chi connectivity index (χ1) is 15.3. The predicted octanol–water partition coefficient (Wildman–Crippen LogP) is 1.82. The summed E-state index contributed by atoms with van der Waals surface area (Å²) in [7, 11) is 0. The highest BCUT2D eigenvalue weighted by Crippen LogP contribution is 2.20. The maximum Gasteiger partial charge on any atom is 0.225 e. The largest absolute Gasteiger partial charge is 0.378 e. The molecule has 2 aliphatic rings. The number of aromatic nitrogens is 3. The zero-order chi connectivity index (χ0) is 21.5. The van der Waals surface area contributed by atoms with Crippen molar-refractivity contribution in [1.29, 1.82) is 0 Å². The monoisotopic (exact) mass is 555 g/mol. The summed E-state index contributed by atoms with van der Waals surface area (Å²) >= 11 is 0. The molecule has 0 spiro atoms. The van der Waals surface area contributed by atoms with Crippen LogP contribution in [0.4, 0.5) is 0 Å². The summed E-state index contributed by atoms with van der Waals surface area (Å²) < 4.78 is 7.40. The fraction of sp³-hybridized carbons (Fsp3) is 0.636. The number of amides is 1. The fourth-order valence-electron chi connectivity index (χ4n) is 4.29. The molecule has 1 N–H and O–H groups in total. The summed E-state index contributed by atoms with van der Waals surface area (Å²) in [5.41, 5.74) is 0.879. The van der Waals surface area contributed by atoms with Crippen LogP contribution in [0, 0.1) is 5.92 Å². The van der Waals surface area contributed by atoms with Crippen molar-refractivity contribution in [1.82, 2.24) is 29.7 Å². The van der Waals surface area contributed by atoms with E-state index in [1.807, 2.05) is 33.7 Å². The zero-order valence-corrected chi connectivity index (χ0v) is 21.1. The molecule has 0 unspecified atom stereocenters. The number of halogens is 1. The number of ether oxygens (including phenoxy) is 1. The second-order valence-corrected chi connectivity index (χ2v) is 8.08. The van der Waals surface area contributed by atoms with E-state index in [4.69, 9.17) is 9.73 Å². The van der Waals surface area contributed by atoms with Gasteiger partial charge in [0.1, 0.15) is 5.82 Å². The normalized spacial score (nSPS) is 18.0. The molecule has 2 aromatic rings. The van der Waals surface area contributed by atoms with Crippen molar-refractivity contribution < 1.29 is 9.53 Å². The molecule has 0 radical (unpaired) electrons. The van der Waals surface area contributed by atoms with Gasteiger partial charge in [-0.3, -0.25) is 14.2 Å². The summed E-state index contributed by atoms with van der Waals surface area (Å²) in [6.07, 6.45) is 5.51. The van der Waals surface area contributed by atoms with Gasteiger partial charge in [0.05, 0.1) is 13.2 Å². The van der Waals surface area contributed by atoms with E-state index in [0.29, 0.717) is 19.1 Å². The molecule has 32 heavy (non-hydrogen) atoms. The molecular weight excluding hydrogens is 521 g/mol. The lowest BCUT2D eigenvalue weighted by molar-refractivity contribution is -0.140. The van der Waals surface area contributed by atoms with Gasteiger partial charge in [-0.15, -0.1) is 34.2 Å². The first-order valence-corrected chi connectivity index (χ1v) is 11.4. The van der Waals surface area contributed by atoms with Gasteiger partial charge in [0.2, 0.25) is 5.91 Å². The number of nitrogens with zero attached hydrogens (tertiary/aromatic N) is 6. The van der Waals surface area contributed by atoms with E-state index in [0.717, 1.165) is 82.4 Å². The molecule has 0 aromatic carbocycles. The predicted molar refractivity (Wildman–Crippen MR) is 134 cm³/mol. The fourth-order valence-corrected chi connectivity index (χ4v) is 4.29.